The van der Waals surface area contributed by atoms with Gasteiger partial charge < -0.3 is 15.0 Å². The summed E-state index contributed by atoms with van der Waals surface area (Å²) in [7, 11) is 0. The molecular weight excluding hydrogens is 316 g/mol. The number of aromatic nitrogens is 2. The van der Waals surface area contributed by atoms with E-state index in [1.165, 1.54) is 0 Å². The van der Waals surface area contributed by atoms with Crippen LogP contribution in [0.15, 0.2) is 30.1 Å². The summed E-state index contributed by atoms with van der Waals surface area (Å²) in [6.07, 6.45) is 12.9. The normalized spacial score (nSPS) is 27.4. The van der Waals surface area contributed by atoms with Crippen molar-refractivity contribution in [3.8, 4) is 0 Å². The van der Waals surface area contributed by atoms with Crippen LogP contribution in [-0.2, 0) is 11.2 Å². The van der Waals surface area contributed by atoms with Crippen LogP contribution in [0.3, 0.4) is 0 Å². The van der Waals surface area contributed by atoms with Crippen LogP contribution in [0.1, 0.15) is 64.1 Å². The first-order chi connectivity index (χ1) is 12.0. The Hall–Kier alpha value is -1.75. The topological polar surface area (TPSA) is 86.1 Å². The van der Waals surface area contributed by atoms with E-state index in [1.54, 1.807) is 18.5 Å². The SMILES string of the molecule is CC1(C(O)(C(=O)[O-])C2CCCCC2)CCCC=C1Cc1ncccn1. The number of hydrogen-bond acceptors (Lipinski definition) is 5. The quantitative estimate of drug-likeness (QED) is 0.828. The number of rotatable bonds is 5. The molecule has 136 valence electrons. The van der Waals surface area contributed by atoms with Gasteiger partial charge in [-0.3, -0.25) is 0 Å². The molecule has 5 nitrogen and oxygen atoms in total. The molecule has 0 spiro atoms. The van der Waals surface area contributed by atoms with E-state index < -0.39 is 17.0 Å². The van der Waals surface area contributed by atoms with Gasteiger partial charge in [0.1, 0.15) is 11.4 Å². The van der Waals surface area contributed by atoms with Crippen LogP contribution in [0.5, 0.6) is 0 Å². The van der Waals surface area contributed by atoms with Gasteiger partial charge in [0.25, 0.3) is 0 Å². The second kappa shape index (κ2) is 7.24. The van der Waals surface area contributed by atoms with Gasteiger partial charge in [-0.15, -0.1) is 0 Å². The van der Waals surface area contributed by atoms with Gasteiger partial charge in [0, 0.05) is 24.2 Å². The minimum Gasteiger partial charge on any atom is -0.547 e. The van der Waals surface area contributed by atoms with E-state index in [2.05, 4.69) is 16.0 Å². The van der Waals surface area contributed by atoms with E-state index >= 15 is 0 Å². The van der Waals surface area contributed by atoms with Crippen molar-refractivity contribution in [2.75, 3.05) is 0 Å². The second-order valence-corrected chi connectivity index (χ2v) is 7.68. The first kappa shape index (κ1) is 18.1. The molecule has 2 unspecified atom stereocenters. The van der Waals surface area contributed by atoms with Crippen molar-refractivity contribution in [3.05, 3.63) is 35.9 Å². The third-order valence-electron chi connectivity index (χ3n) is 6.30. The van der Waals surface area contributed by atoms with Gasteiger partial charge in [0.15, 0.2) is 0 Å². The molecule has 2 atom stereocenters. The lowest BCUT2D eigenvalue weighted by Gasteiger charge is -2.53. The summed E-state index contributed by atoms with van der Waals surface area (Å²) in [5.74, 6) is -0.927. The van der Waals surface area contributed by atoms with Gasteiger partial charge in [0.05, 0.1) is 5.97 Å². The Morgan fingerprint density at radius 1 is 1.28 bits per heavy atom. The summed E-state index contributed by atoms with van der Waals surface area (Å²) in [5, 5.41) is 23.7. The van der Waals surface area contributed by atoms with Crippen LogP contribution in [0.4, 0.5) is 0 Å². The van der Waals surface area contributed by atoms with Crippen LogP contribution >= 0.6 is 0 Å². The number of aliphatic hydroxyl groups is 1. The number of carbonyl (C=O) groups is 1. The molecule has 1 aromatic rings. The molecule has 0 aromatic carbocycles. The average Bonchev–Trinajstić information content (AvgIpc) is 2.64. The number of allylic oxidation sites excluding steroid dienone is 1. The standard InChI is InChI=1S/C20H28N2O3/c1-19(20(25,18(23)24)15-8-3-2-4-9-15)11-6-5-10-16(19)14-17-21-12-7-13-22-17/h7,10,12-13,15,25H,2-6,8-9,11,14H2,1H3,(H,23,24)/p-1. The first-order valence-electron chi connectivity index (χ1n) is 9.37. The zero-order valence-corrected chi connectivity index (χ0v) is 14.9. The summed E-state index contributed by atoms with van der Waals surface area (Å²) < 4.78 is 0. The van der Waals surface area contributed by atoms with Crippen molar-refractivity contribution in [2.45, 2.75) is 70.3 Å². The summed E-state index contributed by atoms with van der Waals surface area (Å²) in [4.78, 5) is 20.8. The van der Waals surface area contributed by atoms with Gasteiger partial charge in [-0.25, -0.2) is 9.97 Å². The number of carboxylic acids is 1. The molecule has 2 aliphatic rings. The van der Waals surface area contributed by atoms with Crippen molar-refractivity contribution >= 4 is 5.97 Å². The third kappa shape index (κ3) is 3.22. The molecule has 0 bridgehead atoms. The minimum absolute atomic E-state index is 0.255. The second-order valence-electron chi connectivity index (χ2n) is 7.68. The van der Waals surface area contributed by atoms with E-state index in [9.17, 15) is 15.0 Å². The maximum atomic E-state index is 12.2. The monoisotopic (exact) mass is 343 g/mol. The fourth-order valence-corrected chi connectivity index (χ4v) is 4.77. The largest absolute Gasteiger partial charge is 0.547 e. The molecule has 0 saturated heterocycles. The highest BCUT2D eigenvalue weighted by atomic mass is 16.4. The Morgan fingerprint density at radius 2 is 1.96 bits per heavy atom. The Bertz CT molecular complexity index is 640. The smallest absolute Gasteiger partial charge is 0.132 e. The van der Waals surface area contributed by atoms with Crippen molar-refractivity contribution in [2.24, 2.45) is 11.3 Å². The van der Waals surface area contributed by atoms with E-state index in [0.29, 0.717) is 18.7 Å². The summed E-state index contributed by atoms with van der Waals surface area (Å²) in [6.45, 7) is 1.89. The number of carbonyl (C=O) groups excluding carboxylic acids is 1. The number of hydrogen-bond donors (Lipinski definition) is 1. The molecule has 1 heterocycles. The number of nitrogens with zero attached hydrogens (tertiary/aromatic N) is 2. The number of aliphatic carboxylic acids is 1. The molecular formula is C20H27N2O3-. The Morgan fingerprint density at radius 3 is 2.60 bits per heavy atom. The minimum atomic E-state index is -1.84. The molecule has 1 saturated carbocycles. The van der Waals surface area contributed by atoms with Crippen LogP contribution < -0.4 is 5.11 Å². The van der Waals surface area contributed by atoms with E-state index in [1.807, 2.05) is 6.92 Å². The van der Waals surface area contributed by atoms with E-state index in [4.69, 9.17) is 0 Å². The van der Waals surface area contributed by atoms with Crippen molar-refractivity contribution in [1.29, 1.82) is 0 Å². The molecule has 5 heteroatoms. The fraction of sp³-hybridized carbons (Fsp3) is 0.650. The van der Waals surface area contributed by atoms with Crippen LogP contribution in [0.25, 0.3) is 0 Å². The summed E-state index contributed by atoms with van der Waals surface area (Å²) in [5.41, 5.74) is -1.75. The van der Waals surface area contributed by atoms with Gasteiger partial charge in [-0.05, 0) is 44.1 Å². The Kier molecular flexibility index (Phi) is 5.23. The highest BCUT2D eigenvalue weighted by molar-refractivity contribution is 5.78. The van der Waals surface area contributed by atoms with Gasteiger partial charge in [-0.1, -0.05) is 37.8 Å². The highest BCUT2D eigenvalue weighted by Crippen LogP contribution is 2.52. The lowest BCUT2D eigenvalue weighted by molar-refractivity contribution is -0.337. The van der Waals surface area contributed by atoms with Crippen molar-refractivity contribution in [3.63, 3.8) is 0 Å². The molecule has 25 heavy (non-hydrogen) atoms. The maximum absolute atomic E-state index is 12.2. The number of carboxylic acid groups (broad SMARTS) is 1. The van der Waals surface area contributed by atoms with Crippen LogP contribution in [-0.4, -0.2) is 26.6 Å². The van der Waals surface area contributed by atoms with Gasteiger partial charge in [0.2, 0.25) is 0 Å². The third-order valence-corrected chi connectivity index (χ3v) is 6.30. The molecule has 0 aliphatic heterocycles. The summed E-state index contributed by atoms with van der Waals surface area (Å²) >= 11 is 0. The molecule has 0 amide bonds. The van der Waals surface area contributed by atoms with Crippen LogP contribution in [0, 0.1) is 11.3 Å². The van der Waals surface area contributed by atoms with Crippen molar-refractivity contribution in [1.82, 2.24) is 9.97 Å². The van der Waals surface area contributed by atoms with Gasteiger partial charge in [-0.2, -0.15) is 0 Å². The fourth-order valence-electron chi connectivity index (χ4n) is 4.77. The Labute approximate surface area is 149 Å². The molecule has 1 aromatic heterocycles. The molecule has 1 fully saturated rings. The molecule has 3 rings (SSSR count). The molecule has 0 radical (unpaired) electrons. The zero-order chi connectivity index (χ0) is 17.9. The van der Waals surface area contributed by atoms with Crippen LogP contribution in [0.2, 0.25) is 0 Å². The molecule has 2 aliphatic carbocycles. The lowest BCUT2D eigenvalue weighted by Crippen LogP contribution is -2.64. The highest BCUT2D eigenvalue weighted by Gasteiger charge is 2.55. The van der Waals surface area contributed by atoms with E-state index in [0.717, 1.165) is 50.5 Å². The maximum Gasteiger partial charge on any atom is 0.132 e. The molecule has 1 N–H and O–H groups in total. The average molecular weight is 343 g/mol. The van der Waals surface area contributed by atoms with Crippen molar-refractivity contribution < 1.29 is 15.0 Å². The lowest BCUT2D eigenvalue weighted by atomic mass is 9.56. The Balaban J connectivity index is 1.97. The first-order valence-corrected chi connectivity index (χ1v) is 9.37. The van der Waals surface area contributed by atoms with E-state index in [-0.39, 0.29) is 5.92 Å². The van der Waals surface area contributed by atoms with Gasteiger partial charge >= 0.3 is 0 Å². The predicted molar refractivity (Wildman–Crippen MR) is 92.3 cm³/mol. The summed E-state index contributed by atoms with van der Waals surface area (Å²) in [6, 6.07) is 1.76. The predicted octanol–water partition coefficient (Wildman–Crippen LogP) is 2.20. The zero-order valence-electron chi connectivity index (χ0n) is 14.9.